The van der Waals surface area contributed by atoms with Crippen molar-refractivity contribution in [3.05, 3.63) is 77.0 Å². The van der Waals surface area contributed by atoms with E-state index in [4.69, 9.17) is 5.73 Å². The van der Waals surface area contributed by atoms with Crippen LogP contribution in [0.3, 0.4) is 0 Å². The maximum Gasteiger partial charge on any atom is 0.355 e. The van der Waals surface area contributed by atoms with E-state index in [2.05, 4.69) is 21.5 Å². The molecule has 44 heavy (non-hydrogen) atoms. The number of carbonyl (C=O) groups excluding carboxylic acids is 1. The quantitative estimate of drug-likeness (QED) is 0.252. The number of amides is 1. The molecule has 2 N–H and O–H groups in total. The monoisotopic (exact) mass is 624 g/mol. The van der Waals surface area contributed by atoms with Gasteiger partial charge in [0.25, 0.3) is 0 Å². The van der Waals surface area contributed by atoms with Crippen LogP contribution in [0.2, 0.25) is 0 Å². The molecule has 12 nitrogen and oxygen atoms in total. The number of nitrogen functional groups attached to an aromatic ring is 1. The van der Waals surface area contributed by atoms with Gasteiger partial charge in [0.05, 0.1) is 22.3 Å². The molecule has 1 aliphatic rings. The molecule has 1 saturated heterocycles. The van der Waals surface area contributed by atoms with E-state index >= 15 is 8.78 Å². The Labute approximate surface area is 252 Å². The Morgan fingerprint density at radius 2 is 1.89 bits per heavy atom. The third kappa shape index (κ3) is 5.07. The van der Waals surface area contributed by atoms with Gasteiger partial charge < -0.3 is 15.5 Å². The second-order valence-electron chi connectivity index (χ2n) is 10.5. The van der Waals surface area contributed by atoms with Gasteiger partial charge in [0, 0.05) is 51.7 Å². The van der Waals surface area contributed by atoms with E-state index in [9.17, 15) is 18.0 Å². The predicted molar refractivity (Wildman–Crippen MR) is 162 cm³/mol. The Kier molecular flexibility index (Phi) is 7.94. The number of carbonyl (C=O) groups is 1. The standard InChI is InChI=1S/C29H30F2N8O4S/c1-6-23(40)37-12-13-38(16(2)15-37)27-18-14-20(31)25(24-19(30)8-7-9-21(24)32)34-28(18)39(29(41)35-27)26-17(3)33-11-10-22(26)44(42,43)36(4)5/h6-11,14,16H,1,12-13,15,32H2,2-5H3/t16-/m0/s1. The fourth-order valence-corrected chi connectivity index (χ4v) is 6.42. The number of pyridine rings is 2. The number of aromatic nitrogens is 4. The van der Waals surface area contributed by atoms with Gasteiger partial charge in [-0.1, -0.05) is 12.6 Å². The van der Waals surface area contributed by atoms with Crippen molar-refractivity contribution in [2.24, 2.45) is 0 Å². The molecule has 1 aromatic carbocycles. The first-order valence-electron chi connectivity index (χ1n) is 13.5. The molecule has 0 unspecified atom stereocenters. The number of fused-ring (bicyclic) bond motifs is 1. The maximum atomic E-state index is 15.9. The summed E-state index contributed by atoms with van der Waals surface area (Å²) in [5, 5.41) is 0.0487. The van der Waals surface area contributed by atoms with Crippen molar-refractivity contribution in [2.75, 3.05) is 44.4 Å². The Balaban J connectivity index is 1.87. The summed E-state index contributed by atoms with van der Waals surface area (Å²) in [7, 11) is -1.47. The number of nitrogens with two attached hydrogens (primary N) is 1. The SMILES string of the molecule is C=CC(=O)N1CCN(c2nc(=O)n(-c3c(S(=O)(=O)N(C)C)ccnc3C)c3nc(-c4c(N)cccc4F)c(F)cc23)[C@@H](C)C1. The number of hydrogen-bond donors (Lipinski definition) is 1. The highest BCUT2D eigenvalue weighted by Gasteiger charge is 2.32. The average Bonchev–Trinajstić information content (AvgIpc) is 2.97. The molecule has 230 valence electrons. The topological polar surface area (TPSA) is 148 Å². The highest BCUT2D eigenvalue weighted by Crippen LogP contribution is 2.35. The number of halogens is 2. The zero-order valence-electron chi connectivity index (χ0n) is 24.5. The van der Waals surface area contributed by atoms with Gasteiger partial charge in [0.1, 0.15) is 22.2 Å². The minimum absolute atomic E-state index is 0.0487. The molecule has 0 saturated carbocycles. The largest absolute Gasteiger partial charge is 0.398 e. The molecule has 1 amide bonds. The molecule has 0 aliphatic carbocycles. The fourth-order valence-electron chi connectivity index (χ4n) is 5.31. The molecule has 1 atom stereocenters. The zero-order valence-corrected chi connectivity index (χ0v) is 25.3. The summed E-state index contributed by atoms with van der Waals surface area (Å²) in [6.45, 7) is 7.63. The van der Waals surface area contributed by atoms with Crippen LogP contribution >= 0.6 is 0 Å². The molecular formula is C29H30F2N8O4S. The van der Waals surface area contributed by atoms with Crippen LogP contribution in [0, 0.1) is 18.6 Å². The van der Waals surface area contributed by atoms with Gasteiger partial charge in [-0.05, 0) is 44.2 Å². The fraction of sp³-hybridized carbons (Fsp3) is 0.276. The third-order valence-electron chi connectivity index (χ3n) is 7.52. The van der Waals surface area contributed by atoms with Crippen molar-refractivity contribution in [2.45, 2.75) is 24.8 Å². The van der Waals surface area contributed by atoms with E-state index in [1.54, 1.807) is 9.80 Å². The number of benzene rings is 1. The molecule has 4 heterocycles. The van der Waals surface area contributed by atoms with Gasteiger partial charge in [-0.2, -0.15) is 4.98 Å². The highest BCUT2D eigenvalue weighted by molar-refractivity contribution is 7.89. The Bertz CT molecular complexity index is 1980. The summed E-state index contributed by atoms with van der Waals surface area (Å²) in [5.41, 5.74) is 4.02. The van der Waals surface area contributed by atoms with E-state index in [1.165, 1.54) is 51.5 Å². The number of rotatable bonds is 6. The Hall–Kier alpha value is -4.76. The van der Waals surface area contributed by atoms with E-state index in [0.29, 0.717) is 0 Å². The molecule has 0 bridgehead atoms. The van der Waals surface area contributed by atoms with Gasteiger partial charge in [-0.25, -0.2) is 35.8 Å². The molecular weight excluding hydrogens is 594 g/mol. The second-order valence-corrected chi connectivity index (χ2v) is 12.6. The normalized spacial score (nSPS) is 15.7. The molecule has 4 aromatic rings. The summed E-state index contributed by atoms with van der Waals surface area (Å²) in [4.78, 5) is 42.2. The van der Waals surface area contributed by atoms with E-state index in [-0.39, 0.29) is 76.0 Å². The van der Waals surface area contributed by atoms with Crippen LogP contribution in [0.4, 0.5) is 20.3 Å². The van der Waals surface area contributed by atoms with E-state index < -0.39 is 33.0 Å². The van der Waals surface area contributed by atoms with Crippen molar-refractivity contribution in [1.29, 1.82) is 0 Å². The van der Waals surface area contributed by atoms with Gasteiger partial charge in [-0.3, -0.25) is 9.78 Å². The minimum atomic E-state index is -4.14. The minimum Gasteiger partial charge on any atom is -0.398 e. The number of sulfonamides is 1. The highest BCUT2D eigenvalue weighted by atomic mass is 32.2. The Morgan fingerprint density at radius 3 is 2.52 bits per heavy atom. The molecule has 3 aromatic heterocycles. The smallest absolute Gasteiger partial charge is 0.355 e. The lowest BCUT2D eigenvalue weighted by molar-refractivity contribution is -0.126. The molecule has 1 aliphatic heterocycles. The summed E-state index contributed by atoms with van der Waals surface area (Å²) < 4.78 is 59.7. The van der Waals surface area contributed by atoms with E-state index in [1.807, 2.05) is 6.92 Å². The van der Waals surface area contributed by atoms with Crippen LogP contribution in [0.25, 0.3) is 28.0 Å². The van der Waals surface area contributed by atoms with E-state index in [0.717, 1.165) is 21.0 Å². The number of piperazine rings is 1. The zero-order chi connectivity index (χ0) is 32.1. The van der Waals surface area contributed by atoms with Crippen molar-refractivity contribution >= 4 is 38.5 Å². The predicted octanol–water partition coefficient (Wildman–Crippen LogP) is 2.48. The number of nitrogens with zero attached hydrogens (tertiary/aromatic N) is 7. The third-order valence-corrected chi connectivity index (χ3v) is 9.37. The molecule has 5 rings (SSSR count). The number of anilines is 2. The molecule has 0 radical (unpaired) electrons. The number of hydrogen-bond acceptors (Lipinski definition) is 9. The van der Waals surface area contributed by atoms with Crippen LogP contribution in [-0.4, -0.2) is 82.8 Å². The Morgan fingerprint density at radius 1 is 1.16 bits per heavy atom. The molecule has 15 heteroatoms. The van der Waals surface area contributed by atoms with Crippen LogP contribution in [0.5, 0.6) is 0 Å². The van der Waals surface area contributed by atoms with Crippen molar-refractivity contribution in [3.8, 4) is 16.9 Å². The summed E-state index contributed by atoms with van der Waals surface area (Å²) in [5.74, 6) is -1.98. The second kappa shape index (κ2) is 11.4. The van der Waals surface area contributed by atoms with Crippen LogP contribution in [0.1, 0.15) is 12.6 Å². The van der Waals surface area contributed by atoms with Crippen LogP contribution in [-0.2, 0) is 14.8 Å². The van der Waals surface area contributed by atoms with Gasteiger partial charge in [0.15, 0.2) is 11.5 Å². The lowest BCUT2D eigenvalue weighted by Crippen LogP contribution is -2.54. The van der Waals surface area contributed by atoms with Crippen molar-refractivity contribution in [3.63, 3.8) is 0 Å². The molecule has 0 spiro atoms. The lowest BCUT2D eigenvalue weighted by atomic mass is 10.1. The lowest BCUT2D eigenvalue weighted by Gasteiger charge is -2.40. The number of aryl methyl sites for hydroxylation is 1. The van der Waals surface area contributed by atoms with Crippen LogP contribution in [0.15, 0.2) is 58.9 Å². The van der Waals surface area contributed by atoms with Gasteiger partial charge in [-0.15, -0.1) is 0 Å². The first kappa shape index (κ1) is 30.7. The average molecular weight is 625 g/mol. The van der Waals surface area contributed by atoms with Crippen molar-refractivity contribution < 1.29 is 22.0 Å². The van der Waals surface area contributed by atoms with Gasteiger partial charge >= 0.3 is 5.69 Å². The van der Waals surface area contributed by atoms with Gasteiger partial charge in [0.2, 0.25) is 15.9 Å². The van der Waals surface area contributed by atoms with Crippen LogP contribution < -0.4 is 16.3 Å². The first-order chi connectivity index (χ1) is 20.8. The first-order valence-corrected chi connectivity index (χ1v) is 15.0. The maximum absolute atomic E-state index is 15.9. The van der Waals surface area contributed by atoms with Crippen molar-refractivity contribution in [1.82, 2.24) is 28.7 Å². The summed E-state index contributed by atoms with van der Waals surface area (Å²) in [6, 6.07) is 5.78. The summed E-state index contributed by atoms with van der Waals surface area (Å²) in [6.07, 6.45) is 2.50. The summed E-state index contributed by atoms with van der Waals surface area (Å²) >= 11 is 0. The molecule has 1 fully saturated rings.